The Morgan fingerprint density at radius 2 is 1.70 bits per heavy atom. The SMILES string of the molecule is C[C@H](OC(=O)c1cc2c(cc1[N+](=O)[O-])OCCO2)C(=O)N1CCCCCC1. The Labute approximate surface area is 156 Å². The molecule has 0 aromatic heterocycles. The Balaban J connectivity index is 1.76. The van der Waals surface area contributed by atoms with Crippen molar-refractivity contribution in [2.45, 2.75) is 38.7 Å². The molecule has 2 aliphatic heterocycles. The van der Waals surface area contributed by atoms with Crippen LogP contribution in [0.2, 0.25) is 0 Å². The molecule has 1 amide bonds. The van der Waals surface area contributed by atoms with Crippen LogP contribution in [0.3, 0.4) is 0 Å². The van der Waals surface area contributed by atoms with Crippen LogP contribution in [0.1, 0.15) is 43.0 Å². The first-order valence-corrected chi connectivity index (χ1v) is 9.05. The van der Waals surface area contributed by atoms with Crippen molar-refractivity contribution in [2.75, 3.05) is 26.3 Å². The van der Waals surface area contributed by atoms with Crippen molar-refractivity contribution in [2.24, 2.45) is 0 Å². The molecular weight excluding hydrogens is 356 g/mol. The third kappa shape index (κ3) is 4.29. The lowest BCUT2D eigenvalue weighted by Gasteiger charge is -2.24. The van der Waals surface area contributed by atoms with Crippen LogP contribution in [0.5, 0.6) is 11.5 Å². The molecule has 0 N–H and O–H groups in total. The van der Waals surface area contributed by atoms with E-state index in [1.807, 2.05) is 0 Å². The summed E-state index contributed by atoms with van der Waals surface area (Å²) < 4.78 is 15.9. The number of fused-ring (bicyclic) bond motifs is 1. The van der Waals surface area contributed by atoms with E-state index in [0.717, 1.165) is 31.7 Å². The highest BCUT2D eigenvalue weighted by Gasteiger charge is 2.31. The van der Waals surface area contributed by atoms with Crippen LogP contribution >= 0.6 is 0 Å². The average molecular weight is 378 g/mol. The standard InChI is InChI=1S/C18H22N2O7/c1-12(17(21)19-6-4-2-3-5-7-19)27-18(22)13-10-15-16(26-9-8-25-15)11-14(13)20(23)24/h10-12H,2-9H2,1H3/t12-/m0/s1. The maximum absolute atomic E-state index is 12.5. The van der Waals surface area contributed by atoms with Crippen LogP contribution < -0.4 is 9.47 Å². The lowest BCUT2D eigenvalue weighted by molar-refractivity contribution is -0.385. The molecule has 1 aromatic carbocycles. The van der Waals surface area contributed by atoms with Gasteiger partial charge in [-0.2, -0.15) is 0 Å². The molecule has 0 saturated carbocycles. The number of benzene rings is 1. The van der Waals surface area contributed by atoms with E-state index in [0.29, 0.717) is 13.1 Å². The van der Waals surface area contributed by atoms with Crippen LogP contribution in [0.15, 0.2) is 12.1 Å². The minimum Gasteiger partial charge on any atom is -0.486 e. The third-order valence-electron chi connectivity index (χ3n) is 4.63. The first-order valence-electron chi connectivity index (χ1n) is 9.05. The zero-order valence-electron chi connectivity index (χ0n) is 15.1. The van der Waals surface area contributed by atoms with E-state index in [2.05, 4.69) is 0 Å². The molecule has 27 heavy (non-hydrogen) atoms. The zero-order chi connectivity index (χ0) is 19.4. The fraction of sp³-hybridized carbons (Fsp3) is 0.556. The minimum absolute atomic E-state index is 0.207. The highest BCUT2D eigenvalue weighted by Crippen LogP contribution is 2.37. The Kier molecular flexibility index (Phi) is 5.78. The van der Waals surface area contributed by atoms with Gasteiger partial charge in [0, 0.05) is 19.2 Å². The van der Waals surface area contributed by atoms with Gasteiger partial charge >= 0.3 is 5.97 Å². The molecule has 0 bridgehead atoms. The number of rotatable bonds is 4. The highest BCUT2D eigenvalue weighted by molar-refractivity contribution is 5.96. The summed E-state index contributed by atoms with van der Waals surface area (Å²) in [4.78, 5) is 37.4. The largest absolute Gasteiger partial charge is 0.486 e. The van der Waals surface area contributed by atoms with Gasteiger partial charge in [0.1, 0.15) is 18.8 Å². The van der Waals surface area contributed by atoms with E-state index in [9.17, 15) is 19.7 Å². The topological polar surface area (TPSA) is 108 Å². The average Bonchev–Trinajstić information content (AvgIpc) is 2.95. The number of nitro benzene ring substituents is 1. The monoisotopic (exact) mass is 378 g/mol. The molecule has 0 spiro atoms. The summed E-state index contributed by atoms with van der Waals surface area (Å²) in [6, 6.07) is 2.38. The number of esters is 1. The molecule has 1 atom stereocenters. The molecule has 2 heterocycles. The van der Waals surface area contributed by atoms with Gasteiger partial charge in [-0.15, -0.1) is 0 Å². The van der Waals surface area contributed by atoms with Crippen molar-refractivity contribution in [3.05, 3.63) is 27.8 Å². The van der Waals surface area contributed by atoms with Crippen molar-refractivity contribution in [3.63, 3.8) is 0 Å². The predicted molar refractivity (Wildman–Crippen MR) is 94.0 cm³/mol. The van der Waals surface area contributed by atoms with Crippen LogP contribution in [-0.4, -0.2) is 54.1 Å². The van der Waals surface area contributed by atoms with Gasteiger partial charge in [0.2, 0.25) is 0 Å². The van der Waals surface area contributed by atoms with Crippen molar-refractivity contribution in [3.8, 4) is 11.5 Å². The van der Waals surface area contributed by atoms with E-state index < -0.39 is 22.7 Å². The number of hydrogen-bond donors (Lipinski definition) is 0. The second kappa shape index (κ2) is 8.24. The maximum atomic E-state index is 12.5. The van der Waals surface area contributed by atoms with Crippen molar-refractivity contribution >= 4 is 17.6 Å². The number of carbonyl (C=O) groups is 2. The van der Waals surface area contributed by atoms with Crippen molar-refractivity contribution < 1.29 is 28.7 Å². The van der Waals surface area contributed by atoms with E-state index in [1.54, 1.807) is 4.90 Å². The minimum atomic E-state index is -1.02. The summed E-state index contributed by atoms with van der Waals surface area (Å²) in [5, 5.41) is 11.3. The normalized spacial score (nSPS) is 17.6. The fourth-order valence-corrected chi connectivity index (χ4v) is 3.22. The van der Waals surface area contributed by atoms with Crippen LogP contribution in [0.25, 0.3) is 0 Å². The summed E-state index contributed by atoms with van der Waals surface area (Å²) >= 11 is 0. The first kappa shape index (κ1) is 18.9. The number of nitro groups is 1. The number of nitrogens with zero attached hydrogens (tertiary/aromatic N) is 2. The Morgan fingerprint density at radius 3 is 2.30 bits per heavy atom. The Bertz CT molecular complexity index is 741. The highest BCUT2D eigenvalue weighted by atomic mass is 16.6. The van der Waals surface area contributed by atoms with Gasteiger partial charge < -0.3 is 19.1 Å². The summed E-state index contributed by atoms with van der Waals surface area (Å²) in [5.74, 6) is -0.775. The summed E-state index contributed by atoms with van der Waals surface area (Å²) in [5.41, 5.74) is -0.710. The molecular formula is C18H22N2O7. The van der Waals surface area contributed by atoms with Crippen molar-refractivity contribution in [1.82, 2.24) is 4.90 Å². The molecule has 0 radical (unpaired) electrons. The predicted octanol–water partition coefficient (Wildman–Crippen LogP) is 2.31. The summed E-state index contributed by atoms with van der Waals surface area (Å²) in [6.07, 6.45) is 2.95. The quantitative estimate of drug-likeness (QED) is 0.449. The van der Waals surface area contributed by atoms with Crippen LogP contribution in [0.4, 0.5) is 5.69 Å². The van der Waals surface area contributed by atoms with Gasteiger partial charge in [0.25, 0.3) is 11.6 Å². The van der Waals surface area contributed by atoms with Crippen molar-refractivity contribution in [1.29, 1.82) is 0 Å². The Morgan fingerprint density at radius 1 is 1.11 bits per heavy atom. The van der Waals surface area contributed by atoms with Gasteiger partial charge in [-0.3, -0.25) is 14.9 Å². The maximum Gasteiger partial charge on any atom is 0.346 e. The zero-order valence-corrected chi connectivity index (χ0v) is 15.1. The van der Waals surface area contributed by atoms with Crippen LogP contribution in [-0.2, 0) is 9.53 Å². The van der Waals surface area contributed by atoms with E-state index in [4.69, 9.17) is 14.2 Å². The smallest absolute Gasteiger partial charge is 0.346 e. The molecule has 146 valence electrons. The first-order chi connectivity index (χ1) is 13.0. The molecule has 9 heteroatoms. The van der Waals surface area contributed by atoms with Gasteiger partial charge in [0.15, 0.2) is 17.6 Å². The molecule has 0 aliphatic carbocycles. The number of amides is 1. The fourth-order valence-electron chi connectivity index (χ4n) is 3.22. The van der Waals surface area contributed by atoms with Gasteiger partial charge in [-0.25, -0.2) is 4.79 Å². The number of ether oxygens (including phenoxy) is 3. The van der Waals surface area contributed by atoms with E-state index >= 15 is 0 Å². The van der Waals surface area contributed by atoms with E-state index in [1.165, 1.54) is 13.0 Å². The molecule has 1 aromatic rings. The second-order valence-electron chi connectivity index (χ2n) is 6.56. The molecule has 3 rings (SSSR count). The number of likely N-dealkylation sites (tertiary alicyclic amines) is 1. The van der Waals surface area contributed by atoms with Crippen LogP contribution in [0, 0.1) is 10.1 Å². The van der Waals surface area contributed by atoms with Gasteiger partial charge in [-0.05, 0) is 19.8 Å². The summed E-state index contributed by atoms with van der Waals surface area (Å²) in [7, 11) is 0. The lowest BCUT2D eigenvalue weighted by Crippen LogP contribution is -2.40. The van der Waals surface area contributed by atoms with E-state index in [-0.39, 0.29) is 36.2 Å². The van der Waals surface area contributed by atoms with Gasteiger partial charge in [0.05, 0.1) is 11.0 Å². The number of hydrogen-bond acceptors (Lipinski definition) is 7. The molecule has 9 nitrogen and oxygen atoms in total. The third-order valence-corrected chi connectivity index (χ3v) is 4.63. The second-order valence-corrected chi connectivity index (χ2v) is 6.56. The molecule has 0 unspecified atom stereocenters. The molecule has 1 saturated heterocycles. The summed E-state index contributed by atoms with van der Waals surface area (Å²) in [6.45, 7) is 3.29. The molecule has 1 fully saturated rings. The Hall–Kier alpha value is -2.84. The molecule has 2 aliphatic rings. The number of carbonyl (C=O) groups excluding carboxylic acids is 2. The van der Waals surface area contributed by atoms with Gasteiger partial charge in [-0.1, -0.05) is 12.8 Å². The lowest BCUT2D eigenvalue weighted by atomic mass is 10.1.